The van der Waals surface area contributed by atoms with Crippen molar-refractivity contribution >= 4 is 23.6 Å². The minimum atomic E-state index is -0.204. The fourth-order valence-electron chi connectivity index (χ4n) is 4.11. The van der Waals surface area contributed by atoms with Crippen LogP contribution in [0, 0.1) is 5.92 Å². The lowest BCUT2D eigenvalue weighted by Gasteiger charge is -2.38. The van der Waals surface area contributed by atoms with Crippen LogP contribution in [0.15, 0.2) is 0 Å². The molecule has 2 saturated heterocycles. The van der Waals surface area contributed by atoms with E-state index in [4.69, 9.17) is 9.47 Å². The molecule has 0 spiro atoms. The molecule has 1 N–H and O–H groups in total. The molecule has 0 aromatic heterocycles. The SMILES string of the molecule is COC1CCC(N2C[C@@H](C(=O)NC3CCSC3)CC2=O)CC1OC. The van der Waals surface area contributed by atoms with Crippen molar-refractivity contribution < 1.29 is 19.1 Å². The molecule has 3 aliphatic rings. The lowest BCUT2D eigenvalue weighted by atomic mass is 9.89. The third-order valence-electron chi connectivity index (χ3n) is 5.56. The Hall–Kier alpha value is -0.790. The second-order valence-electron chi connectivity index (χ2n) is 7.03. The van der Waals surface area contributed by atoms with Crippen LogP contribution in [0.5, 0.6) is 0 Å². The van der Waals surface area contributed by atoms with Crippen LogP contribution in [-0.4, -0.2) is 73.3 Å². The maximum Gasteiger partial charge on any atom is 0.225 e. The largest absolute Gasteiger partial charge is 0.379 e. The number of hydrogen-bond donors (Lipinski definition) is 1. The molecule has 0 radical (unpaired) electrons. The van der Waals surface area contributed by atoms with Gasteiger partial charge in [-0.3, -0.25) is 9.59 Å². The van der Waals surface area contributed by atoms with Gasteiger partial charge < -0.3 is 19.7 Å². The number of nitrogens with one attached hydrogen (secondary N) is 1. The highest BCUT2D eigenvalue weighted by molar-refractivity contribution is 7.99. The van der Waals surface area contributed by atoms with Crippen molar-refractivity contribution in [1.29, 1.82) is 0 Å². The summed E-state index contributed by atoms with van der Waals surface area (Å²) in [6, 6.07) is 0.440. The van der Waals surface area contributed by atoms with Crippen molar-refractivity contribution in [1.82, 2.24) is 10.2 Å². The third-order valence-corrected chi connectivity index (χ3v) is 6.72. The monoisotopic (exact) mass is 356 g/mol. The summed E-state index contributed by atoms with van der Waals surface area (Å²) in [5.74, 6) is 2.05. The van der Waals surface area contributed by atoms with Gasteiger partial charge in [-0.15, -0.1) is 0 Å². The van der Waals surface area contributed by atoms with Crippen LogP contribution >= 0.6 is 11.8 Å². The predicted molar refractivity (Wildman–Crippen MR) is 92.9 cm³/mol. The van der Waals surface area contributed by atoms with Gasteiger partial charge in [-0.2, -0.15) is 11.8 Å². The number of rotatable bonds is 5. The maximum absolute atomic E-state index is 12.5. The van der Waals surface area contributed by atoms with Gasteiger partial charge in [0.2, 0.25) is 11.8 Å². The van der Waals surface area contributed by atoms with Crippen LogP contribution in [0.2, 0.25) is 0 Å². The van der Waals surface area contributed by atoms with Gasteiger partial charge in [0.25, 0.3) is 0 Å². The first-order chi connectivity index (χ1) is 11.6. The minimum Gasteiger partial charge on any atom is -0.379 e. The molecule has 24 heavy (non-hydrogen) atoms. The number of thioether (sulfide) groups is 1. The zero-order valence-electron chi connectivity index (χ0n) is 14.5. The molecule has 136 valence electrons. The van der Waals surface area contributed by atoms with Crippen molar-refractivity contribution in [2.45, 2.75) is 56.4 Å². The molecule has 0 bridgehead atoms. The molecule has 6 nitrogen and oxygen atoms in total. The number of ether oxygens (including phenoxy) is 2. The van der Waals surface area contributed by atoms with Crippen molar-refractivity contribution in [3.05, 3.63) is 0 Å². The number of nitrogens with zero attached hydrogens (tertiary/aromatic N) is 1. The molecule has 7 heteroatoms. The summed E-state index contributed by atoms with van der Waals surface area (Å²) in [5, 5.41) is 3.12. The van der Waals surface area contributed by atoms with Gasteiger partial charge in [0.1, 0.15) is 0 Å². The Balaban J connectivity index is 1.55. The standard InChI is InChI=1S/C17H28N2O4S/c1-22-14-4-3-13(8-15(14)23-2)19-9-11(7-16(19)20)17(21)18-12-5-6-24-10-12/h11-15H,3-10H2,1-2H3,(H,18,21)/t11-,12?,13?,14?,15?/m0/s1. The van der Waals surface area contributed by atoms with Gasteiger partial charge in [-0.1, -0.05) is 0 Å². The smallest absolute Gasteiger partial charge is 0.225 e. The molecule has 2 heterocycles. The molecular weight excluding hydrogens is 328 g/mol. The first-order valence-electron chi connectivity index (χ1n) is 8.85. The Morgan fingerprint density at radius 2 is 2.00 bits per heavy atom. The summed E-state index contributed by atoms with van der Waals surface area (Å²) < 4.78 is 11.0. The van der Waals surface area contributed by atoms with E-state index in [-0.39, 0.29) is 42.0 Å². The minimum absolute atomic E-state index is 0.0185. The number of amides is 2. The normalized spacial score (nSPS) is 37.0. The second kappa shape index (κ2) is 8.06. The number of carbonyl (C=O) groups excluding carboxylic acids is 2. The van der Waals surface area contributed by atoms with Crippen LogP contribution in [0.25, 0.3) is 0 Å². The lowest BCUT2D eigenvalue weighted by Crippen LogP contribution is -2.47. The van der Waals surface area contributed by atoms with E-state index in [1.54, 1.807) is 14.2 Å². The summed E-state index contributed by atoms with van der Waals surface area (Å²) >= 11 is 1.88. The molecule has 5 atom stereocenters. The molecule has 2 amide bonds. The highest BCUT2D eigenvalue weighted by atomic mass is 32.2. The number of hydrogen-bond acceptors (Lipinski definition) is 5. The van der Waals surface area contributed by atoms with Crippen LogP contribution in [0.4, 0.5) is 0 Å². The van der Waals surface area contributed by atoms with Gasteiger partial charge >= 0.3 is 0 Å². The third kappa shape index (κ3) is 3.89. The Labute approximate surface area is 148 Å². The summed E-state index contributed by atoms with van der Waals surface area (Å²) in [6.07, 6.45) is 4.09. The van der Waals surface area contributed by atoms with E-state index in [9.17, 15) is 9.59 Å². The number of carbonyl (C=O) groups is 2. The fourth-order valence-corrected chi connectivity index (χ4v) is 5.26. The van der Waals surface area contributed by atoms with Gasteiger partial charge in [0, 0.05) is 45.0 Å². The molecule has 2 aliphatic heterocycles. The Bertz CT molecular complexity index is 470. The van der Waals surface area contributed by atoms with Crippen molar-refractivity contribution in [2.24, 2.45) is 5.92 Å². The van der Waals surface area contributed by atoms with Crippen molar-refractivity contribution in [2.75, 3.05) is 32.3 Å². The van der Waals surface area contributed by atoms with Gasteiger partial charge in [-0.25, -0.2) is 0 Å². The molecular formula is C17H28N2O4S. The molecule has 4 unspecified atom stereocenters. The maximum atomic E-state index is 12.5. The van der Waals surface area contributed by atoms with Crippen LogP contribution in [0.1, 0.15) is 32.1 Å². The average Bonchev–Trinajstić information content (AvgIpc) is 3.23. The van der Waals surface area contributed by atoms with E-state index < -0.39 is 0 Å². The fraction of sp³-hybridized carbons (Fsp3) is 0.882. The van der Waals surface area contributed by atoms with E-state index in [2.05, 4.69) is 5.32 Å². The van der Waals surface area contributed by atoms with Gasteiger partial charge in [0.05, 0.1) is 18.1 Å². The van der Waals surface area contributed by atoms with E-state index in [0.717, 1.165) is 37.2 Å². The number of methoxy groups -OCH3 is 2. The van der Waals surface area contributed by atoms with E-state index in [1.807, 2.05) is 16.7 Å². The first kappa shape index (κ1) is 18.0. The molecule has 3 fully saturated rings. The van der Waals surface area contributed by atoms with Crippen LogP contribution < -0.4 is 5.32 Å². The van der Waals surface area contributed by atoms with Gasteiger partial charge in [-0.05, 0) is 31.4 Å². The zero-order valence-corrected chi connectivity index (χ0v) is 15.3. The predicted octanol–water partition coefficient (Wildman–Crippen LogP) is 1.04. The Kier molecular flexibility index (Phi) is 6.05. The molecule has 3 rings (SSSR count). The topological polar surface area (TPSA) is 67.9 Å². The van der Waals surface area contributed by atoms with Crippen molar-refractivity contribution in [3.8, 4) is 0 Å². The zero-order chi connectivity index (χ0) is 17.1. The summed E-state index contributed by atoms with van der Waals surface area (Å²) in [4.78, 5) is 26.8. The molecule has 0 aromatic carbocycles. The van der Waals surface area contributed by atoms with Crippen molar-refractivity contribution in [3.63, 3.8) is 0 Å². The van der Waals surface area contributed by atoms with E-state index in [1.165, 1.54) is 0 Å². The summed E-state index contributed by atoms with van der Waals surface area (Å²) in [7, 11) is 3.40. The van der Waals surface area contributed by atoms with E-state index >= 15 is 0 Å². The average molecular weight is 356 g/mol. The first-order valence-corrected chi connectivity index (χ1v) is 10.0. The lowest BCUT2D eigenvalue weighted by molar-refractivity contribution is -0.133. The quantitative estimate of drug-likeness (QED) is 0.797. The Morgan fingerprint density at radius 3 is 2.67 bits per heavy atom. The second-order valence-corrected chi connectivity index (χ2v) is 8.18. The number of likely N-dealkylation sites (tertiary alicyclic amines) is 1. The molecule has 0 aromatic rings. The van der Waals surface area contributed by atoms with Crippen LogP contribution in [-0.2, 0) is 19.1 Å². The summed E-state index contributed by atoms with van der Waals surface area (Å²) in [6.45, 7) is 0.545. The summed E-state index contributed by atoms with van der Waals surface area (Å²) in [5.41, 5.74) is 0. The highest BCUT2D eigenvalue weighted by Gasteiger charge is 2.42. The Morgan fingerprint density at radius 1 is 1.21 bits per heavy atom. The highest BCUT2D eigenvalue weighted by Crippen LogP contribution is 2.31. The molecule has 1 saturated carbocycles. The van der Waals surface area contributed by atoms with Crippen LogP contribution in [0.3, 0.4) is 0 Å². The van der Waals surface area contributed by atoms with Gasteiger partial charge in [0.15, 0.2) is 0 Å². The molecule has 1 aliphatic carbocycles. The van der Waals surface area contributed by atoms with E-state index in [0.29, 0.717) is 13.0 Å².